The fourth-order valence-corrected chi connectivity index (χ4v) is 1.80. The van der Waals surface area contributed by atoms with Gasteiger partial charge < -0.3 is 0 Å². The average Bonchev–Trinajstić information content (AvgIpc) is 1.95. The van der Waals surface area contributed by atoms with E-state index in [-0.39, 0.29) is 34.1 Å². The van der Waals surface area contributed by atoms with Gasteiger partial charge in [0.15, 0.2) is 0 Å². The molecule has 64 valence electrons. The average molecular weight is 188 g/mol. The molecule has 0 unspecified atom stereocenters. The van der Waals surface area contributed by atoms with Crippen LogP contribution in [0.1, 0.15) is 40.5 Å². The summed E-state index contributed by atoms with van der Waals surface area (Å²) >= 11 is 6.13. The van der Waals surface area contributed by atoms with E-state index < -0.39 is 0 Å². The maximum absolute atomic E-state index is 6.13. The summed E-state index contributed by atoms with van der Waals surface area (Å²) in [6, 6.07) is 0. The van der Waals surface area contributed by atoms with E-state index in [9.17, 15) is 0 Å². The normalized spacial score (nSPS) is 28.1. The maximum Gasteiger partial charge on any atom is 0.316 e. The van der Waals surface area contributed by atoms with Gasteiger partial charge in [-0.2, -0.15) is 0 Å². The van der Waals surface area contributed by atoms with Crippen molar-refractivity contribution in [3.05, 3.63) is 0 Å². The van der Waals surface area contributed by atoms with E-state index >= 15 is 0 Å². The van der Waals surface area contributed by atoms with Crippen molar-refractivity contribution in [3.8, 4) is 0 Å². The number of hydrogen-bond acceptors (Lipinski definition) is 1. The van der Waals surface area contributed by atoms with Crippen LogP contribution in [0.5, 0.6) is 0 Å². The molecular formula is C8H18ClMgN. The highest BCUT2D eigenvalue weighted by atomic mass is 35.5. The van der Waals surface area contributed by atoms with Crippen LogP contribution in [-0.2, 0) is 0 Å². The van der Waals surface area contributed by atoms with Crippen LogP contribution in [0, 0.1) is 0 Å². The largest absolute Gasteiger partial charge is 0.316 e. The molecule has 3 heteroatoms. The third kappa shape index (κ3) is 2.24. The van der Waals surface area contributed by atoms with E-state index in [1.807, 2.05) is 4.42 Å². The Bertz CT molecular complexity index is 129. The molecule has 0 bridgehead atoms. The SMILES string of the molecule is CC1(C)CCC(C)(C)N1Cl.[MgH2]. The van der Waals surface area contributed by atoms with Gasteiger partial charge in [0.05, 0.1) is 0 Å². The highest BCUT2D eigenvalue weighted by Crippen LogP contribution is 2.41. The Kier molecular flexibility index (Phi) is 3.72. The number of rotatable bonds is 0. The van der Waals surface area contributed by atoms with Crippen LogP contribution >= 0.6 is 11.8 Å². The summed E-state index contributed by atoms with van der Waals surface area (Å²) in [5.74, 6) is 0. The molecule has 11 heavy (non-hydrogen) atoms. The Morgan fingerprint density at radius 2 is 1.27 bits per heavy atom. The lowest BCUT2D eigenvalue weighted by atomic mass is 10.0. The summed E-state index contributed by atoms with van der Waals surface area (Å²) < 4.78 is 1.96. The summed E-state index contributed by atoms with van der Waals surface area (Å²) in [7, 11) is 0. The van der Waals surface area contributed by atoms with Crippen molar-refractivity contribution >= 4 is 34.8 Å². The Hall–Kier alpha value is 1.02. The predicted molar refractivity (Wildman–Crippen MR) is 53.6 cm³/mol. The number of hydrogen-bond donors (Lipinski definition) is 0. The van der Waals surface area contributed by atoms with Crippen LogP contribution in [0.2, 0.25) is 0 Å². The fourth-order valence-electron chi connectivity index (χ4n) is 1.63. The Morgan fingerprint density at radius 3 is 1.36 bits per heavy atom. The molecule has 0 spiro atoms. The summed E-state index contributed by atoms with van der Waals surface area (Å²) in [5.41, 5.74) is 0.371. The Labute approximate surface area is 90.7 Å². The first-order valence-corrected chi connectivity index (χ1v) is 4.16. The second-order valence-corrected chi connectivity index (χ2v) is 4.74. The lowest BCUT2D eigenvalue weighted by Gasteiger charge is -2.33. The first kappa shape index (κ1) is 12.0. The van der Waals surface area contributed by atoms with Gasteiger partial charge in [-0.15, -0.1) is 0 Å². The van der Waals surface area contributed by atoms with Crippen LogP contribution in [0.25, 0.3) is 0 Å². The van der Waals surface area contributed by atoms with Crippen LogP contribution in [-0.4, -0.2) is 38.5 Å². The Morgan fingerprint density at radius 1 is 1.00 bits per heavy atom. The van der Waals surface area contributed by atoms with Crippen LogP contribution < -0.4 is 0 Å². The van der Waals surface area contributed by atoms with Gasteiger partial charge in [-0.1, -0.05) is 0 Å². The highest BCUT2D eigenvalue weighted by molar-refractivity contribution is 6.14. The van der Waals surface area contributed by atoms with Crippen molar-refractivity contribution in [1.29, 1.82) is 0 Å². The van der Waals surface area contributed by atoms with Gasteiger partial charge in [0.25, 0.3) is 0 Å². The summed E-state index contributed by atoms with van der Waals surface area (Å²) in [6.07, 6.45) is 2.40. The van der Waals surface area contributed by atoms with E-state index in [1.165, 1.54) is 12.8 Å². The van der Waals surface area contributed by atoms with E-state index in [2.05, 4.69) is 27.7 Å². The van der Waals surface area contributed by atoms with Crippen molar-refractivity contribution in [2.45, 2.75) is 51.6 Å². The molecule has 0 atom stereocenters. The second-order valence-electron chi connectivity index (χ2n) is 4.41. The molecule has 0 saturated carbocycles. The molecule has 0 N–H and O–H groups in total. The van der Waals surface area contributed by atoms with Crippen molar-refractivity contribution in [2.75, 3.05) is 0 Å². The van der Waals surface area contributed by atoms with Gasteiger partial charge in [-0.05, 0) is 52.3 Å². The highest BCUT2D eigenvalue weighted by Gasteiger charge is 2.43. The topological polar surface area (TPSA) is 3.24 Å². The first-order valence-electron chi connectivity index (χ1n) is 3.82. The minimum absolute atomic E-state index is 0. The summed E-state index contributed by atoms with van der Waals surface area (Å²) in [5, 5.41) is 0. The molecule has 0 aromatic carbocycles. The zero-order valence-electron chi connectivity index (χ0n) is 7.24. The maximum atomic E-state index is 6.13. The van der Waals surface area contributed by atoms with E-state index in [4.69, 9.17) is 11.8 Å². The molecule has 0 aromatic heterocycles. The summed E-state index contributed by atoms with van der Waals surface area (Å²) in [4.78, 5) is 0. The van der Waals surface area contributed by atoms with Crippen molar-refractivity contribution in [1.82, 2.24) is 4.42 Å². The molecule has 0 aromatic rings. The standard InChI is InChI=1S/C8H16ClN.Mg.2H/c1-7(2)5-6-8(3,4)10(7)9;;;/h5-6H2,1-4H3;;;. The molecule has 1 rings (SSSR count). The molecule has 1 heterocycles. The number of nitrogens with zero attached hydrogens (tertiary/aromatic N) is 1. The van der Waals surface area contributed by atoms with Crippen molar-refractivity contribution in [3.63, 3.8) is 0 Å². The zero-order valence-corrected chi connectivity index (χ0v) is 8.00. The molecule has 1 saturated heterocycles. The number of halogens is 1. The lowest BCUT2D eigenvalue weighted by molar-refractivity contribution is 0.198. The fraction of sp³-hybridized carbons (Fsp3) is 1.00. The Balaban J connectivity index is 0.000001000. The van der Waals surface area contributed by atoms with Gasteiger partial charge in [0.2, 0.25) is 0 Å². The van der Waals surface area contributed by atoms with Crippen molar-refractivity contribution < 1.29 is 0 Å². The molecule has 1 aliphatic rings. The van der Waals surface area contributed by atoms with Crippen LogP contribution in [0.15, 0.2) is 0 Å². The quantitative estimate of drug-likeness (QED) is 0.414. The van der Waals surface area contributed by atoms with E-state index in [1.54, 1.807) is 0 Å². The molecular weight excluding hydrogens is 170 g/mol. The van der Waals surface area contributed by atoms with E-state index in [0.717, 1.165) is 0 Å². The molecule has 1 nitrogen and oxygen atoms in total. The van der Waals surface area contributed by atoms with Crippen molar-refractivity contribution in [2.24, 2.45) is 0 Å². The van der Waals surface area contributed by atoms with Gasteiger partial charge in [-0.25, -0.2) is 4.42 Å². The third-order valence-electron chi connectivity index (χ3n) is 2.41. The minimum atomic E-state index is 0. The van der Waals surface area contributed by atoms with E-state index in [0.29, 0.717) is 0 Å². The zero-order chi connectivity index (χ0) is 7.99. The molecule has 1 aliphatic heterocycles. The van der Waals surface area contributed by atoms with Crippen LogP contribution in [0.3, 0.4) is 0 Å². The smallest absolute Gasteiger partial charge is 0.209 e. The monoisotopic (exact) mass is 187 g/mol. The molecule has 0 amide bonds. The molecule has 1 fully saturated rings. The second kappa shape index (κ2) is 3.40. The van der Waals surface area contributed by atoms with Gasteiger partial charge in [0.1, 0.15) is 0 Å². The predicted octanol–water partition coefficient (Wildman–Crippen LogP) is 1.88. The van der Waals surface area contributed by atoms with Crippen LogP contribution in [0.4, 0.5) is 0 Å². The van der Waals surface area contributed by atoms with Gasteiger partial charge >= 0.3 is 23.1 Å². The molecule has 0 radical (unpaired) electrons. The van der Waals surface area contributed by atoms with Gasteiger partial charge in [0, 0.05) is 11.1 Å². The molecule has 0 aliphatic carbocycles. The third-order valence-corrected chi connectivity index (χ3v) is 3.33. The summed E-state index contributed by atoms with van der Waals surface area (Å²) in [6.45, 7) is 8.76. The first-order chi connectivity index (χ1) is 4.36. The van der Waals surface area contributed by atoms with Gasteiger partial charge in [-0.3, -0.25) is 0 Å². The minimum Gasteiger partial charge on any atom is -0.209 e. The lowest BCUT2D eigenvalue weighted by Crippen LogP contribution is -2.40.